The van der Waals surface area contributed by atoms with Crippen molar-refractivity contribution in [3.63, 3.8) is 0 Å². The van der Waals surface area contributed by atoms with Crippen molar-refractivity contribution >= 4 is 54.3 Å². The number of sulfone groups is 1. The standard InChI is InChI=1S/C14H14BrFN2O3S2/c1-2-13(19)17-14-18(10-4-3-8(15)5-9(10)16)11-6-23(20,21)7-12(11)22-14/h3-5,11-12H,2,6-7H2,1H3/t11-,12-/m0/s1. The van der Waals surface area contributed by atoms with Crippen LogP contribution in [0.25, 0.3) is 0 Å². The van der Waals surface area contributed by atoms with Crippen LogP contribution in [-0.4, -0.2) is 42.3 Å². The predicted octanol–water partition coefficient (Wildman–Crippen LogP) is 2.60. The predicted molar refractivity (Wildman–Crippen MR) is 93.1 cm³/mol. The molecule has 2 saturated heterocycles. The first-order valence-electron chi connectivity index (χ1n) is 7.03. The van der Waals surface area contributed by atoms with E-state index >= 15 is 0 Å². The lowest BCUT2D eigenvalue weighted by Gasteiger charge is -2.25. The number of rotatable bonds is 2. The smallest absolute Gasteiger partial charge is 0.247 e. The molecule has 2 atom stereocenters. The molecule has 23 heavy (non-hydrogen) atoms. The summed E-state index contributed by atoms with van der Waals surface area (Å²) in [7, 11) is -3.16. The number of aliphatic imine (C=N–C) groups is 1. The number of fused-ring (bicyclic) bond motifs is 1. The molecule has 5 nitrogen and oxygen atoms in total. The van der Waals surface area contributed by atoms with Gasteiger partial charge in [0, 0.05) is 16.1 Å². The van der Waals surface area contributed by atoms with Crippen LogP contribution in [0.1, 0.15) is 13.3 Å². The van der Waals surface area contributed by atoms with Crippen molar-refractivity contribution < 1.29 is 17.6 Å². The van der Waals surface area contributed by atoms with Gasteiger partial charge in [-0.25, -0.2) is 12.8 Å². The van der Waals surface area contributed by atoms with E-state index in [0.717, 1.165) is 0 Å². The summed E-state index contributed by atoms with van der Waals surface area (Å²) in [6, 6.07) is 4.16. The Hall–Kier alpha value is -0.930. The largest absolute Gasteiger partial charge is 0.313 e. The summed E-state index contributed by atoms with van der Waals surface area (Å²) >= 11 is 4.44. The van der Waals surface area contributed by atoms with Gasteiger partial charge in [-0.1, -0.05) is 34.6 Å². The van der Waals surface area contributed by atoms with Crippen molar-refractivity contribution in [2.24, 2.45) is 4.99 Å². The summed E-state index contributed by atoms with van der Waals surface area (Å²) in [5.74, 6) is -0.824. The number of halogens is 2. The first-order valence-corrected chi connectivity index (χ1v) is 10.5. The topological polar surface area (TPSA) is 66.8 Å². The van der Waals surface area contributed by atoms with Crippen LogP contribution in [-0.2, 0) is 14.6 Å². The Morgan fingerprint density at radius 2 is 2.22 bits per heavy atom. The van der Waals surface area contributed by atoms with Crippen LogP contribution >= 0.6 is 27.7 Å². The molecule has 0 radical (unpaired) electrons. The van der Waals surface area contributed by atoms with Gasteiger partial charge in [-0.15, -0.1) is 0 Å². The van der Waals surface area contributed by atoms with Gasteiger partial charge in [0.2, 0.25) is 5.91 Å². The fourth-order valence-corrected chi connectivity index (χ4v) is 6.97. The third kappa shape index (κ3) is 3.32. The van der Waals surface area contributed by atoms with Crippen LogP contribution in [0.5, 0.6) is 0 Å². The minimum absolute atomic E-state index is 0.0241. The number of thioether (sulfide) groups is 1. The highest BCUT2D eigenvalue weighted by Gasteiger charge is 2.49. The highest BCUT2D eigenvalue weighted by molar-refractivity contribution is 9.10. The molecular weight excluding hydrogens is 407 g/mol. The van der Waals surface area contributed by atoms with Crippen LogP contribution < -0.4 is 4.90 Å². The van der Waals surface area contributed by atoms with Crippen LogP contribution in [0.3, 0.4) is 0 Å². The van der Waals surface area contributed by atoms with Gasteiger partial charge in [-0.2, -0.15) is 4.99 Å². The first kappa shape index (κ1) is 16.9. The van der Waals surface area contributed by atoms with Crippen LogP contribution in [0.15, 0.2) is 27.7 Å². The van der Waals surface area contributed by atoms with Crippen LogP contribution in [0.2, 0.25) is 0 Å². The average molecular weight is 421 g/mol. The maximum absolute atomic E-state index is 14.4. The zero-order valence-corrected chi connectivity index (χ0v) is 15.4. The van der Waals surface area contributed by atoms with Gasteiger partial charge in [-0.05, 0) is 18.2 Å². The quantitative estimate of drug-likeness (QED) is 0.735. The molecule has 1 aromatic carbocycles. The second-order valence-corrected chi connectivity index (χ2v) is 9.68. The zero-order chi connectivity index (χ0) is 16.8. The number of carbonyl (C=O) groups is 1. The van der Waals surface area contributed by atoms with Gasteiger partial charge in [0.25, 0.3) is 0 Å². The minimum atomic E-state index is -3.16. The SMILES string of the molecule is CCC(=O)N=C1S[C@H]2CS(=O)(=O)C[C@@H]2N1c1ccc(Br)cc1F. The van der Waals surface area contributed by atoms with Crippen LogP contribution in [0.4, 0.5) is 10.1 Å². The summed E-state index contributed by atoms with van der Waals surface area (Å²) in [6.45, 7) is 1.70. The molecule has 2 aliphatic heterocycles. The van der Waals surface area contributed by atoms with E-state index in [4.69, 9.17) is 0 Å². The molecule has 2 aliphatic rings. The molecule has 0 saturated carbocycles. The lowest BCUT2D eigenvalue weighted by atomic mass is 10.2. The Bertz CT molecular complexity index is 797. The van der Waals surface area contributed by atoms with Crippen molar-refractivity contribution in [2.75, 3.05) is 16.4 Å². The molecule has 2 heterocycles. The summed E-state index contributed by atoms with van der Waals surface area (Å²) in [4.78, 5) is 17.3. The number of amides is 1. The second kappa shape index (κ2) is 6.18. The van der Waals surface area contributed by atoms with E-state index < -0.39 is 21.7 Å². The minimum Gasteiger partial charge on any atom is -0.313 e. The molecule has 0 unspecified atom stereocenters. The molecule has 9 heteroatoms. The summed E-state index contributed by atoms with van der Waals surface area (Å²) in [6.07, 6.45) is 0.244. The third-order valence-electron chi connectivity index (χ3n) is 3.76. The number of hydrogen-bond acceptors (Lipinski definition) is 4. The highest BCUT2D eigenvalue weighted by Crippen LogP contribution is 2.42. The molecule has 2 fully saturated rings. The third-order valence-corrected chi connectivity index (χ3v) is 7.46. The average Bonchev–Trinajstić information content (AvgIpc) is 2.91. The molecule has 0 bridgehead atoms. The Balaban J connectivity index is 2.06. The van der Waals surface area contributed by atoms with Crippen molar-refractivity contribution in [3.05, 3.63) is 28.5 Å². The molecule has 3 rings (SSSR count). The van der Waals surface area contributed by atoms with E-state index in [1.807, 2.05) is 0 Å². The van der Waals surface area contributed by atoms with E-state index in [-0.39, 0.29) is 34.8 Å². The van der Waals surface area contributed by atoms with Gasteiger partial charge < -0.3 is 4.90 Å². The Labute approximate surface area is 146 Å². The number of hydrogen-bond donors (Lipinski definition) is 0. The van der Waals surface area contributed by atoms with Crippen molar-refractivity contribution in [3.8, 4) is 0 Å². The van der Waals surface area contributed by atoms with Crippen LogP contribution in [0, 0.1) is 5.82 Å². The van der Waals surface area contributed by atoms with Crippen molar-refractivity contribution in [1.29, 1.82) is 0 Å². The molecular formula is C14H14BrFN2O3S2. The maximum atomic E-state index is 14.4. The fraction of sp³-hybridized carbons (Fsp3) is 0.429. The zero-order valence-electron chi connectivity index (χ0n) is 12.2. The molecule has 0 aliphatic carbocycles. The molecule has 1 amide bonds. The van der Waals surface area contributed by atoms with Gasteiger partial charge in [0.1, 0.15) is 5.82 Å². The lowest BCUT2D eigenvalue weighted by Crippen LogP contribution is -2.38. The van der Waals surface area contributed by atoms with E-state index in [0.29, 0.717) is 9.64 Å². The molecule has 0 spiro atoms. The maximum Gasteiger partial charge on any atom is 0.247 e. The van der Waals surface area contributed by atoms with Crippen molar-refractivity contribution in [2.45, 2.75) is 24.6 Å². The Morgan fingerprint density at radius 3 is 2.87 bits per heavy atom. The fourth-order valence-electron chi connectivity index (χ4n) is 2.71. The summed E-state index contributed by atoms with van der Waals surface area (Å²) in [5.41, 5.74) is 0.243. The van der Waals surface area contributed by atoms with E-state index in [2.05, 4.69) is 20.9 Å². The van der Waals surface area contributed by atoms with Gasteiger partial charge >= 0.3 is 0 Å². The van der Waals surface area contributed by atoms with Crippen molar-refractivity contribution in [1.82, 2.24) is 0 Å². The molecule has 124 valence electrons. The molecule has 1 aromatic rings. The molecule has 0 N–H and O–H groups in total. The number of benzene rings is 1. The number of anilines is 1. The molecule has 0 aromatic heterocycles. The number of nitrogens with zero attached hydrogens (tertiary/aromatic N) is 2. The highest BCUT2D eigenvalue weighted by atomic mass is 79.9. The van der Waals surface area contributed by atoms with Gasteiger partial charge in [-0.3, -0.25) is 4.79 Å². The Morgan fingerprint density at radius 1 is 1.48 bits per heavy atom. The number of carbonyl (C=O) groups excluding carboxylic acids is 1. The summed E-state index contributed by atoms with van der Waals surface area (Å²) in [5, 5.41) is 0.148. The van der Waals surface area contributed by atoms with E-state index in [9.17, 15) is 17.6 Å². The number of amidine groups is 1. The van der Waals surface area contributed by atoms with E-state index in [1.54, 1.807) is 24.0 Å². The van der Waals surface area contributed by atoms with E-state index in [1.165, 1.54) is 17.8 Å². The first-order chi connectivity index (χ1) is 10.8. The second-order valence-electron chi connectivity index (χ2n) is 5.41. The van der Waals surface area contributed by atoms with Gasteiger partial charge in [0.05, 0.1) is 23.2 Å². The lowest BCUT2D eigenvalue weighted by molar-refractivity contribution is -0.117. The van der Waals surface area contributed by atoms with Gasteiger partial charge in [0.15, 0.2) is 15.0 Å². The normalized spacial score (nSPS) is 27.4. The monoisotopic (exact) mass is 420 g/mol. The summed E-state index contributed by atoms with van der Waals surface area (Å²) < 4.78 is 38.8. The Kier molecular flexibility index (Phi) is 4.54.